The van der Waals surface area contributed by atoms with E-state index < -0.39 is 11.9 Å². The maximum atomic E-state index is 11.9. The van der Waals surface area contributed by atoms with Gasteiger partial charge in [-0.2, -0.15) is 0 Å². The van der Waals surface area contributed by atoms with Gasteiger partial charge in [0.1, 0.15) is 0 Å². The minimum Gasteiger partial charge on any atom is -0.487 e. The van der Waals surface area contributed by atoms with E-state index in [2.05, 4.69) is 6.92 Å². The monoisotopic (exact) mass is 420 g/mol. The van der Waals surface area contributed by atoms with Gasteiger partial charge in [-0.3, -0.25) is 0 Å². The number of unbranched alkanes of at least 4 members (excludes halogenated alkanes) is 11. The van der Waals surface area contributed by atoms with E-state index in [1.54, 1.807) is 24.3 Å². The first-order valence-corrected chi connectivity index (χ1v) is 11.7. The van der Waals surface area contributed by atoms with Crippen LogP contribution in [-0.4, -0.2) is 24.6 Å². The van der Waals surface area contributed by atoms with Gasteiger partial charge in [-0.05, 0) is 32.4 Å². The number of carbonyl (C=O) groups excluding carboxylic acids is 2. The van der Waals surface area contributed by atoms with Crippen LogP contribution in [0.3, 0.4) is 0 Å². The normalized spacial score (nSPS) is 10.8. The number of hydrogen-bond donors (Lipinski definition) is 0. The smallest absolute Gasteiger partial charge is 0.422 e. The molecule has 1 aromatic rings. The summed E-state index contributed by atoms with van der Waals surface area (Å²) in [6, 6.07) is 6.78. The lowest BCUT2D eigenvalue weighted by atomic mass is 10.1. The molecule has 0 amide bonds. The van der Waals surface area contributed by atoms with E-state index in [0.717, 1.165) is 19.3 Å². The highest BCUT2D eigenvalue weighted by Gasteiger charge is 2.20. The quantitative estimate of drug-likeness (QED) is 0.130. The molecule has 0 spiro atoms. The van der Waals surface area contributed by atoms with Crippen LogP contribution < -0.4 is 9.47 Å². The van der Waals surface area contributed by atoms with Gasteiger partial charge in [0, 0.05) is 0 Å². The predicted molar refractivity (Wildman–Crippen MR) is 120 cm³/mol. The highest BCUT2D eigenvalue weighted by atomic mass is 16.6. The van der Waals surface area contributed by atoms with E-state index in [4.69, 9.17) is 14.2 Å². The average Bonchev–Trinajstić information content (AvgIpc) is 2.72. The number of carbonyl (C=O) groups is 2. The van der Waals surface area contributed by atoms with Crippen molar-refractivity contribution in [2.75, 3.05) is 6.61 Å². The van der Waals surface area contributed by atoms with Crippen molar-refractivity contribution in [3.8, 4) is 11.5 Å². The summed E-state index contributed by atoms with van der Waals surface area (Å²) in [7, 11) is 0. The summed E-state index contributed by atoms with van der Waals surface area (Å²) < 4.78 is 15.7. The largest absolute Gasteiger partial charge is 0.487 e. The summed E-state index contributed by atoms with van der Waals surface area (Å²) in [4.78, 5) is 23.8. The molecule has 0 aliphatic rings. The molecule has 0 unspecified atom stereocenters. The second-order valence-electron chi connectivity index (χ2n) is 8.03. The summed E-state index contributed by atoms with van der Waals surface area (Å²) in [6.07, 6.45) is 14.8. The van der Waals surface area contributed by atoms with Crippen molar-refractivity contribution >= 4 is 11.9 Å². The molecule has 1 rings (SSSR count). The maximum absolute atomic E-state index is 11.9. The minimum atomic E-state index is -1.02. The topological polar surface area (TPSA) is 61.8 Å². The molecule has 5 heteroatoms. The van der Waals surface area contributed by atoms with Gasteiger partial charge in [0.05, 0.1) is 12.7 Å². The van der Waals surface area contributed by atoms with Crippen LogP contribution in [0.5, 0.6) is 11.5 Å². The van der Waals surface area contributed by atoms with E-state index >= 15 is 0 Å². The standard InChI is InChI=1S/C25H40O5/c1-4-5-6-7-8-9-10-11-12-13-14-17-20-28-24(26)25(27)30-23-19-16-15-18-22(23)29-21(2)3/h15-16,18-19,21H,4-14,17,20H2,1-3H3. The van der Waals surface area contributed by atoms with Gasteiger partial charge >= 0.3 is 11.9 Å². The second kappa shape index (κ2) is 16.7. The molecule has 0 atom stereocenters. The van der Waals surface area contributed by atoms with Crippen LogP contribution in [0.1, 0.15) is 97.8 Å². The van der Waals surface area contributed by atoms with Gasteiger partial charge in [0.15, 0.2) is 11.5 Å². The molecule has 0 bridgehead atoms. The molecule has 1 aromatic carbocycles. The van der Waals surface area contributed by atoms with Crippen molar-refractivity contribution in [1.29, 1.82) is 0 Å². The van der Waals surface area contributed by atoms with Gasteiger partial charge < -0.3 is 14.2 Å². The molecule has 0 aliphatic heterocycles. The Morgan fingerprint density at radius 1 is 0.733 bits per heavy atom. The van der Waals surface area contributed by atoms with E-state index in [1.807, 2.05) is 13.8 Å². The zero-order valence-corrected chi connectivity index (χ0v) is 19.1. The maximum Gasteiger partial charge on any atom is 0.422 e. The van der Waals surface area contributed by atoms with Crippen LogP contribution in [-0.2, 0) is 14.3 Å². The van der Waals surface area contributed by atoms with Gasteiger partial charge in [-0.1, -0.05) is 89.7 Å². The Bertz CT molecular complexity index is 597. The molecule has 0 N–H and O–H groups in total. The molecule has 0 saturated heterocycles. The highest BCUT2D eigenvalue weighted by Crippen LogP contribution is 2.27. The first-order chi connectivity index (χ1) is 14.5. The van der Waals surface area contributed by atoms with Crippen molar-refractivity contribution < 1.29 is 23.8 Å². The number of benzene rings is 1. The molecule has 0 fully saturated rings. The molecule has 170 valence electrons. The van der Waals surface area contributed by atoms with Gasteiger partial charge in [-0.25, -0.2) is 9.59 Å². The summed E-state index contributed by atoms with van der Waals surface area (Å²) in [5.41, 5.74) is 0. The third-order valence-corrected chi connectivity index (χ3v) is 4.81. The number of rotatable bonds is 16. The Balaban J connectivity index is 2.07. The lowest BCUT2D eigenvalue weighted by Gasteiger charge is -2.13. The Morgan fingerprint density at radius 2 is 1.23 bits per heavy atom. The molecule has 5 nitrogen and oxygen atoms in total. The van der Waals surface area contributed by atoms with Crippen LogP contribution in [0.4, 0.5) is 0 Å². The fraction of sp³-hybridized carbons (Fsp3) is 0.680. The van der Waals surface area contributed by atoms with Crippen molar-refractivity contribution in [3.05, 3.63) is 24.3 Å². The fourth-order valence-corrected chi connectivity index (χ4v) is 3.19. The summed E-state index contributed by atoms with van der Waals surface area (Å²) in [5.74, 6) is -1.33. The summed E-state index contributed by atoms with van der Waals surface area (Å²) >= 11 is 0. The zero-order chi connectivity index (χ0) is 22.0. The van der Waals surface area contributed by atoms with Crippen LogP contribution >= 0.6 is 0 Å². The van der Waals surface area contributed by atoms with Crippen LogP contribution in [0.15, 0.2) is 24.3 Å². The molecule has 30 heavy (non-hydrogen) atoms. The Morgan fingerprint density at radius 3 is 1.77 bits per heavy atom. The van der Waals surface area contributed by atoms with Gasteiger partial charge in [0.25, 0.3) is 0 Å². The Hall–Kier alpha value is -2.04. The molecule has 0 aromatic heterocycles. The average molecular weight is 421 g/mol. The number of para-hydroxylation sites is 2. The first kappa shape index (κ1) is 26.0. The van der Waals surface area contributed by atoms with E-state index in [0.29, 0.717) is 5.75 Å². The van der Waals surface area contributed by atoms with Crippen LogP contribution in [0, 0.1) is 0 Å². The third-order valence-electron chi connectivity index (χ3n) is 4.81. The van der Waals surface area contributed by atoms with Crippen molar-refractivity contribution in [2.24, 2.45) is 0 Å². The van der Waals surface area contributed by atoms with Gasteiger partial charge in [-0.15, -0.1) is 0 Å². The second-order valence-corrected chi connectivity index (χ2v) is 8.03. The van der Waals surface area contributed by atoms with Gasteiger partial charge in [0.2, 0.25) is 0 Å². The lowest BCUT2D eigenvalue weighted by molar-refractivity contribution is -0.162. The van der Waals surface area contributed by atoms with E-state index in [1.165, 1.54) is 57.8 Å². The number of ether oxygens (including phenoxy) is 3. The summed E-state index contributed by atoms with van der Waals surface area (Å²) in [6.45, 7) is 6.24. The Kier molecular flexibility index (Phi) is 14.5. The first-order valence-electron chi connectivity index (χ1n) is 11.7. The number of esters is 2. The van der Waals surface area contributed by atoms with E-state index in [9.17, 15) is 9.59 Å². The van der Waals surface area contributed by atoms with Crippen molar-refractivity contribution in [3.63, 3.8) is 0 Å². The predicted octanol–water partition coefficient (Wildman–Crippen LogP) is 6.62. The molecule has 0 heterocycles. The Labute approximate surface area is 182 Å². The van der Waals surface area contributed by atoms with Crippen molar-refractivity contribution in [2.45, 2.75) is 104 Å². The molecular weight excluding hydrogens is 380 g/mol. The summed E-state index contributed by atoms with van der Waals surface area (Å²) in [5, 5.41) is 0. The number of hydrogen-bond acceptors (Lipinski definition) is 5. The highest BCUT2D eigenvalue weighted by molar-refractivity contribution is 6.30. The molecule has 0 saturated carbocycles. The fourth-order valence-electron chi connectivity index (χ4n) is 3.19. The third kappa shape index (κ3) is 12.5. The zero-order valence-electron chi connectivity index (χ0n) is 19.1. The SMILES string of the molecule is CCCCCCCCCCCCCCOC(=O)C(=O)Oc1ccccc1OC(C)C. The molecular formula is C25H40O5. The van der Waals surface area contributed by atoms with E-state index in [-0.39, 0.29) is 18.5 Å². The van der Waals surface area contributed by atoms with Crippen LogP contribution in [0.25, 0.3) is 0 Å². The molecule has 0 aliphatic carbocycles. The van der Waals surface area contributed by atoms with Crippen LogP contribution in [0.2, 0.25) is 0 Å². The molecule has 0 radical (unpaired) electrons. The minimum absolute atomic E-state index is 0.0670. The van der Waals surface area contributed by atoms with Crippen molar-refractivity contribution in [1.82, 2.24) is 0 Å². The lowest BCUT2D eigenvalue weighted by Crippen LogP contribution is -2.23.